The molecule has 0 aromatic heterocycles. The van der Waals surface area contributed by atoms with Crippen LogP contribution in [0, 0.1) is 5.21 Å². The predicted molar refractivity (Wildman–Crippen MR) is 25.1 cm³/mol. The van der Waals surface area contributed by atoms with Crippen molar-refractivity contribution < 1.29 is 41.2 Å². The molecule has 1 saturated heterocycles. The van der Waals surface area contributed by atoms with E-state index in [1.165, 1.54) is 5.01 Å². The van der Waals surface area contributed by atoms with Gasteiger partial charge in [0.15, 0.2) is 0 Å². The maximum Gasteiger partial charge on any atom is 1.00 e. The Kier molecular flexibility index (Phi) is 3.92. The third kappa shape index (κ3) is 2.00. The number of hydrogen-bond acceptors (Lipinski definition) is 2. The van der Waals surface area contributed by atoms with Gasteiger partial charge in [0.25, 0.3) is 0 Å². The fourth-order valence-corrected chi connectivity index (χ4v) is 0.527. The molecular weight excluding hydrogens is 133 g/mol. The van der Waals surface area contributed by atoms with Gasteiger partial charge in [-0.05, 0) is 6.42 Å². The molecule has 0 spiro atoms. The molecule has 0 amide bonds. The van der Waals surface area contributed by atoms with E-state index in [1.807, 2.05) is 0 Å². The average molecular weight is 141 g/mol. The molecule has 5 nitrogen and oxygen atoms in total. The Bertz CT molecular complexity index is 118. The summed E-state index contributed by atoms with van der Waals surface area (Å²) in [5, 5.41) is 21.9. The van der Waals surface area contributed by atoms with Crippen LogP contribution in [0.15, 0.2) is 5.28 Å². The van der Waals surface area contributed by atoms with Crippen molar-refractivity contribution in [2.45, 2.75) is 6.42 Å². The van der Waals surface area contributed by atoms with Gasteiger partial charge in [-0.3, -0.25) is 0 Å². The zero-order chi connectivity index (χ0) is 5.98. The minimum atomic E-state index is 0. The maximum atomic E-state index is 10.2. The SMILES string of the molecule is [H-].[Na+].[O-]/[N+](=N\O)N1CCC1. The van der Waals surface area contributed by atoms with E-state index in [-0.39, 0.29) is 36.0 Å². The van der Waals surface area contributed by atoms with E-state index in [2.05, 4.69) is 5.28 Å². The second-order valence-electron chi connectivity index (χ2n) is 1.65. The normalized spacial score (nSPS) is 18.2. The average Bonchev–Trinajstić information content (AvgIpc) is 1.62. The standard InChI is InChI=1S/C3H7N3O2.Na.H/c7-4-6(8)5-2-1-3-5;;/h7H,1-3H2;;/q;+1;-1/b6-4-;;. The van der Waals surface area contributed by atoms with E-state index in [1.54, 1.807) is 0 Å². The van der Waals surface area contributed by atoms with Crippen LogP contribution in [-0.4, -0.2) is 28.3 Å². The summed E-state index contributed by atoms with van der Waals surface area (Å²) in [4.78, 5) is 0.198. The number of hydrazine groups is 1. The van der Waals surface area contributed by atoms with Crippen molar-refractivity contribution in [2.75, 3.05) is 13.1 Å². The molecule has 0 aromatic rings. The van der Waals surface area contributed by atoms with Gasteiger partial charge >= 0.3 is 29.6 Å². The summed E-state index contributed by atoms with van der Waals surface area (Å²) >= 11 is 0. The second-order valence-corrected chi connectivity index (χ2v) is 1.65. The summed E-state index contributed by atoms with van der Waals surface area (Å²) in [6.45, 7) is 1.40. The Labute approximate surface area is 76.2 Å². The van der Waals surface area contributed by atoms with Crippen LogP contribution in [0.25, 0.3) is 0 Å². The van der Waals surface area contributed by atoms with Gasteiger partial charge in [-0.15, -0.1) is 5.01 Å². The van der Waals surface area contributed by atoms with Crippen LogP contribution in [0.1, 0.15) is 7.85 Å². The van der Waals surface area contributed by atoms with Gasteiger partial charge in [0.05, 0.1) is 18.1 Å². The van der Waals surface area contributed by atoms with Gasteiger partial charge in [0.2, 0.25) is 5.28 Å². The van der Waals surface area contributed by atoms with Crippen LogP contribution in [0.3, 0.4) is 0 Å². The van der Waals surface area contributed by atoms with Crippen LogP contribution in [0.4, 0.5) is 0 Å². The summed E-state index contributed by atoms with van der Waals surface area (Å²) in [6.07, 6.45) is 1.01. The van der Waals surface area contributed by atoms with Crippen LogP contribution >= 0.6 is 0 Å². The summed E-state index contributed by atoms with van der Waals surface area (Å²) in [5.41, 5.74) is 0. The van der Waals surface area contributed by atoms with Crippen molar-refractivity contribution in [3.8, 4) is 0 Å². The van der Waals surface area contributed by atoms with Crippen molar-refractivity contribution in [2.24, 2.45) is 5.28 Å². The smallest absolute Gasteiger partial charge is 1.00 e. The third-order valence-electron chi connectivity index (χ3n) is 1.15. The van der Waals surface area contributed by atoms with Crippen molar-refractivity contribution in [1.29, 1.82) is 0 Å². The molecule has 0 bridgehead atoms. The summed E-state index contributed by atoms with van der Waals surface area (Å²) < 4.78 is 0. The molecule has 1 heterocycles. The van der Waals surface area contributed by atoms with Gasteiger partial charge in [0.1, 0.15) is 0 Å². The molecule has 6 heteroatoms. The first kappa shape index (κ1) is 9.00. The molecule has 1 rings (SSSR count). The molecule has 0 saturated carbocycles. The first-order valence-electron chi connectivity index (χ1n) is 2.42. The van der Waals surface area contributed by atoms with E-state index < -0.39 is 0 Å². The van der Waals surface area contributed by atoms with Crippen LogP contribution in [0.2, 0.25) is 0 Å². The fraction of sp³-hybridized carbons (Fsp3) is 1.00. The quantitative estimate of drug-likeness (QED) is 0.184. The Balaban J connectivity index is 0. The van der Waals surface area contributed by atoms with Crippen molar-refractivity contribution >= 4 is 0 Å². The topological polar surface area (TPSA) is 61.9 Å². The molecule has 1 aliphatic heterocycles. The van der Waals surface area contributed by atoms with Crippen LogP contribution in [-0.2, 0) is 0 Å². The van der Waals surface area contributed by atoms with Crippen LogP contribution < -0.4 is 29.6 Å². The molecule has 0 aromatic carbocycles. The van der Waals surface area contributed by atoms with E-state index >= 15 is 0 Å². The molecule has 0 aliphatic carbocycles. The Morgan fingerprint density at radius 1 is 1.67 bits per heavy atom. The van der Waals surface area contributed by atoms with Gasteiger partial charge in [-0.1, -0.05) is 0 Å². The van der Waals surface area contributed by atoms with Gasteiger partial charge in [-0.25, -0.2) is 0 Å². The van der Waals surface area contributed by atoms with E-state index in [4.69, 9.17) is 5.21 Å². The predicted octanol–water partition coefficient (Wildman–Crippen LogP) is -2.92. The van der Waals surface area contributed by atoms with E-state index in [0.29, 0.717) is 13.1 Å². The third-order valence-corrected chi connectivity index (χ3v) is 1.15. The zero-order valence-corrected chi connectivity index (χ0v) is 7.32. The number of rotatable bonds is 1. The monoisotopic (exact) mass is 141 g/mol. The molecule has 1 aliphatic rings. The van der Waals surface area contributed by atoms with E-state index in [0.717, 1.165) is 6.42 Å². The maximum absolute atomic E-state index is 10.2. The summed E-state index contributed by atoms with van der Waals surface area (Å²) in [7, 11) is 0. The summed E-state index contributed by atoms with van der Waals surface area (Å²) in [5.74, 6) is 0. The largest absolute Gasteiger partial charge is 1.00 e. The number of nitrogens with zero attached hydrogens (tertiary/aromatic N) is 3. The van der Waals surface area contributed by atoms with Crippen LogP contribution in [0.5, 0.6) is 0 Å². The Morgan fingerprint density at radius 3 is 2.33 bits per heavy atom. The Morgan fingerprint density at radius 2 is 2.22 bits per heavy atom. The molecule has 1 N–H and O–H groups in total. The molecular formula is C3H8N3NaO2. The molecule has 0 radical (unpaired) electrons. The molecule has 0 atom stereocenters. The zero-order valence-electron chi connectivity index (χ0n) is 6.32. The molecule has 9 heavy (non-hydrogen) atoms. The van der Waals surface area contributed by atoms with Gasteiger partial charge in [-0.2, -0.15) is 0 Å². The Hall–Kier alpha value is 0.0000000000000000555. The summed E-state index contributed by atoms with van der Waals surface area (Å²) in [6, 6.07) is 0. The van der Waals surface area contributed by atoms with Crippen molar-refractivity contribution in [1.82, 2.24) is 5.01 Å². The van der Waals surface area contributed by atoms with Gasteiger partial charge in [0, 0.05) is 0 Å². The van der Waals surface area contributed by atoms with Crippen molar-refractivity contribution in [3.05, 3.63) is 5.21 Å². The molecule has 1 fully saturated rings. The molecule has 0 unspecified atom stereocenters. The minimum Gasteiger partial charge on any atom is -1.00 e. The van der Waals surface area contributed by atoms with Gasteiger partial charge < -0.3 is 11.8 Å². The molecule has 48 valence electrons. The first-order valence-corrected chi connectivity index (χ1v) is 2.42. The van der Waals surface area contributed by atoms with E-state index in [9.17, 15) is 5.21 Å². The minimum absolute atomic E-state index is 0. The second kappa shape index (κ2) is 3.92. The first-order chi connectivity index (χ1) is 3.84. The number of hydrogen-bond donors (Lipinski definition) is 1. The van der Waals surface area contributed by atoms with Crippen molar-refractivity contribution in [3.63, 3.8) is 0 Å². The fourth-order valence-electron chi connectivity index (χ4n) is 0.527.